The number of carbonyl (C=O) groups excluding carboxylic acids is 1. The van der Waals surface area contributed by atoms with E-state index in [0.29, 0.717) is 6.42 Å². The molecule has 0 aromatic carbocycles. The van der Waals surface area contributed by atoms with E-state index in [1.54, 1.807) is 4.90 Å². The molecule has 0 radical (unpaired) electrons. The van der Waals surface area contributed by atoms with E-state index in [1.807, 2.05) is 18.8 Å². The van der Waals surface area contributed by atoms with Gasteiger partial charge in [0.15, 0.2) is 5.96 Å². The van der Waals surface area contributed by atoms with E-state index in [-0.39, 0.29) is 40.7 Å². The Morgan fingerprint density at radius 1 is 1.52 bits per heavy atom. The van der Waals surface area contributed by atoms with Crippen molar-refractivity contribution in [1.82, 2.24) is 15.5 Å². The smallest absolute Gasteiger partial charge is 0.222 e. The summed E-state index contributed by atoms with van der Waals surface area (Å²) in [6.07, 6.45) is 3.60. The Morgan fingerprint density at radius 2 is 2.19 bits per heavy atom. The van der Waals surface area contributed by atoms with Crippen molar-refractivity contribution < 1.29 is 4.79 Å². The van der Waals surface area contributed by atoms with Crippen LogP contribution in [0.2, 0.25) is 0 Å². The SMILES string of the molecule is CCNC(=NCC(C)(C)SC)NC1CCC(=O)N(C)C1.I. The number of guanidine groups is 1. The highest BCUT2D eigenvalue weighted by molar-refractivity contribution is 14.0. The maximum absolute atomic E-state index is 11.5. The summed E-state index contributed by atoms with van der Waals surface area (Å²) in [4.78, 5) is 17.9. The van der Waals surface area contributed by atoms with E-state index in [1.165, 1.54) is 0 Å². The zero-order valence-corrected chi connectivity index (χ0v) is 16.9. The molecule has 1 saturated heterocycles. The number of amides is 1. The van der Waals surface area contributed by atoms with E-state index in [0.717, 1.165) is 32.0 Å². The Labute approximate surface area is 150 Å². The molecule has 0 saturated carbocycles. The van der Waals surface area contributed by atoms with Gasteiger partial charge in [0, 0.05) is 37.3 Å². The first-order chi connectivity index (χ1) is 9.38. The predicted molar refractivity (Wildman–Crippen MR) is 103 cm³/mol. The van der Waals surface area contributed by atoms with Crippen LogP contribution in [-0.4, -0.2) is 60.5 Å². The topological polar surface area (TPSA) is 56.7 Å². The number of likely N-dealkylation sites (tertiary alicyclic amines) is 1. The first kappa shape index (κ1) is 20.8. The predicted octanol–water partition coefficient (Wildman–Crippen LogP) is 1.92. The standard InChI is InChI=1S/C14H28N4OS.HI/c1-6-15-13(16-10-14(2,3)20-5)17-11-7-8-12(19)18(4)9-11;/h11H,6-10H2,1-5H3,(H2,15,16,17);1H. The maximum Gasteiger partial charge on any atom is 0.222 e. The lowest BCUT2D eigenvalue weighted by Crippen LogP contribution is -2.52. The molecule has 1 amide bonds. The van der Waals surface area contributed by atoms with Crippen LogP contribution >= 0.6 is 35.7 Å². The van der Waals surface area contributed by atoms with Crippen molar-refractivity contribution in [1.29, 1.82) is 0 Å². The van der Waals surface area contributed by atoms with Crippen LogP contribution in [0.25, 0.3) is 0 Å². The Bertz CT molecular complexity index is 363. The van der Waals surface area contributed by atoms with Crippen LogP contribution in [0.3, 0.4) is 0 Å². The number of carbonyl (C=O) groups is 1. The Morgan fingerprint density at radius 3 is 2.71 bits per heavy atom. The second-order valence-corrected chi connectivity index (χ2v) is 7.33. The highest BCUT2D eigenvalue weighted by atomic mass is 127. The van der Waals surface area contributed by atoms with Gasteiger partial charge in [0.2, 0.25) is 5.91 Å². The largest absolute Gasteiger partial charge is 0.357 e. The molecule has 1 unspecified atom stereocenters. The molecule has 1 rings (SSSR count). The Hall–Kier alpha value is -0.180. The Kier molecular flexibility index (Phi) is 9.68. The lowest BCUT2D eigenvalue weighted by atomic mass is 10.1. The number of nitrogens with zero attached hydrogens (tertiary/aromatic N) is 2. The zero-order chi connectivity index (χ0) is 15.2. The van der Waals surface area contributed by atoms with Crippen LogP contribution in [0.5, 0.6) is 0 Å². The maximum atomic E-state index is 11.5. The molecule has 0 aromatic heterocycles. The number of halogens is 1. The van der Waals surface area contributed by atoms with Crippen molar-refractivity contribution in [3.05, 3.63) is 0 Å². The highest BCUT2D eigenvalue weighted by Gasteiger charge is 2.23. The van der Waals surface area contributed by atoms with E-state index in [4.69, 9.17) is 0 Å². The first-order valence-electron chi connectivity index (χ1n) is 7.22. The fraction of sp³-hybridized carbons (Fsp3) is 0.857. The monoisotopic (exact) mass is 428 g/mol. The van der Waals surface area contributed by atoms with Gasteiger partial charge in [-0.2, -0.15) is 11.8 Å². The summed E-state index contributed by atoms with van der Waals surface area (Å²) in [5.74, 6) is 1.08. The summed E-state index contributed by atoms with van der Waals surface area (Å²) in [7, 11) is 1.86. The van der Waals surface area contributed by atoms with E-state index in [9.17, 15) is 4.79 Å². The van der Waals surface area contributed by atoms with Crippen molar-refractivity contribution in [3.63, 3.8) is 0 Å². The molecule has 21 heavy (non-hydrogen) atoms. The molecule has 0 bridgehead atoms. The van der Waals surface area contributed by atoms with Crippen molar-refractivity contribution >= 4 is 47.6 Å². The molecule has 1 fully saturated rings. The molecular weight excluding hydrogens is 399 g/mol. The van der Waals surface area contributed by atoms with Crippen molar-refractivity contribution in [2.24, 2.45) is 4.99 Å². The molecule has 5 nitrogen and oxygen atoms in total. The minimum Gasteiger partial charge on any atom is -0.357 e. The van der Waals surface area contributed by atoms with Gasteiger partial charge < -0.3 is 15.5 Å². The second kappa shape index (κ2) is 9.76. The first-order valence-corrected chi connectivity index (χ1v) is 8.44. The van der Waals surface area contributed by atoms with Gasteiger partial charge in [-0.3, -0.25) is 9.79 Å². The number of hydrogen-bond acceptors (Lipinski definition) is 3. The quantitative estimate of drug-likeness (QED) is 0.399. The van der Waals surface area contributed by atoms with Gasteiger partial charge in [0.05, 0.1) is 6.54 Å². The van der Waals surface area contributed by atoms with Gasteiger partial charge in [-0.1, -0.05) is 0 Å². The second-order valence-electron chi connectivity index (χ2n) is 5.81. The van der Waals surface area contributed by atoms with Gasteiger partial charge in [0.25, 0.3) is 0 Å². The number of rotatable bonds is 5. The molecule has 2 N–H and O–H groups in total. The lowest BCUT2D eigenvalue weighted by molar-refractivity contribution is -0.132. The molecule has 1 heterocycles. The summed E-state index contributed by atoms with van der Waals surface area (Å²) in [5.41, 5.74) is 0. The molecule has 0 aromatic rings. The van der Waals surface area contributed by atoms with Crippen LogP contribution < -0.4 is 10.6 Å². The van der Waals surface area contributed by atoms with Gasteiger partial charge in [-0.25, -0.2) is 0 Å². The Balaban J connectivity index is 0.00000400. The third-order valence-corrected chi connectivity index (χ3v) is 4.72. The van der Waals surface area contributed by atoms with Crippen LogP contribution in [0, 0.1) is 0 Å². The third-order valence-electron chi connectivity index (χ3n) is 3.48. The van der Waals surface area contributed by atoms with Crippen molar-refractivity contribution in [2.75, 3.05) is 32.9 Å². The molecule has 1 aliphatic rings. The summed E-state index contributed by atoms with van der Waals surface area (Å²) in [6.45, 7) is 8.80. The summed E-state index contributed by atoms with van der Waals surface area (Å²) < 4.78 is 0.141. The molecule has 7 heteroatoms. The number of thioether (sulfide) groups is 1. The van der Waals surface area contributed by atoms with Crippen molar-refractivity contribution in [3.8, 4) is 0 Å². The third kappa shape index (κ3) is 7.58. The number of piperidine rings is 1. The highest BCUT2D eigenvalue weighted by Crippen LogP contribution is 2.21. The fourth-order valence-corrected chi connectivity index (χ4v) is 2.17. The molecule has 0 aliphatic carbocycles. The van der Waals surface area contributed by atoms with Crippen LogP contribution in [-0.2, 0) is 4.79 Å². The minimum atomic E-state index is 0. The zero-order valence-electron chi connectivity index (χ0n) is 13.7. The van der Waals surface area contributed by atoms with E-state index < -0.39 is 0 Å². The summed E-state index contributed by atoms with van der Waals surface area (Å²) in [6, 6.07) is 0.285. The number of hydrogen-bond donors (Lipinski definition) is 2. The number of nitrogens with one attached hydrogen (secondary N) is 2. The number of aliphatic imine (C=N–C) groups is 1. The van der Waals surface area contributed by atoms with Crippen molar-refractivity contribution in [2.45, 2.75) is 44.4 Å². The van der Waals surface area contributed by atoms with Gasteiger partial charge in [-0.05, 0) is 33.4 Å². The van der Waals surface area contributed by atoms with Crippen LogP contribution in [0.15, 0.2) is 4.99 Å². The fourth-order valence-electron chi connectivity index (χ4n) is 1.98. The normalized spacial score (nSPS) is 20.0. The molecular formula is C14H29IN4OS. The van der Waals surface area contributed by atoms with Crippen LogP contribution in [0.4, 0.5) is 0 Å². The summed E-state index contributed by atoms with van der Waals surface area (Å²) in [5, 5.41) is 6.72. The molecule has 124 valence electrons. The van der Waals surface area contributed by atoms with Gasteiger partial charge in [0.1, 0.15) is 0 Å². The average molecular weight is 428 g/mol. The lowest BCUT2D eigenvalue weighted by Gasteiger charge is -2.31. The average Bonchev–Trinajstić information content (AvgIpc) is 2.41. The molecule has 1 atom stereocenters. The minimum absolute atomic E-state index is 0. The number of likely N-dealkylation sites (N-methyl/N-ethyl adjacent to an activating group) is 1. The summed E-state index contributed by atoms with van der Waals surface area (Å²) >= 11 is 1.82. The van der Waals surface area contributed by atoms with Gasteiger partial charge >= 0.3 is 0 Å². The van der Waals surface area contributed by atoms with E-state index >= 15 is 0 Å². The molecule has 0 spiro atoms. The van der Waals surface area contributed by atoms with Crippen LogP contribution in [0.1, 0.15) is 33.6 Å². The van der Waals surface area contributed by atoms with Gasteiger partial charge in [-0.15, -0.1) is 24.0 Å². The van der Waals surface area contributed by atoms with E-state index in [2.05, 4.69) is 42.7 Å². The molecule has 1 aliphatic heterocycles.